The van der Waals surface area contributed by atoms with Crippen LogP contribution in [0.3, 0.4) is 0 Å². The van der Waals surface area contributed by atoms with Crippen molar-refractivity contribution in [3.05, 3.63) is 42.0 Å². The van der Waals surface area contributed by atoms with Crippen LogP contribution in [-0.2, 0) is 18.5 Å². The molecule has 0 radical (unpaired) electrons. The molecule has 2 aromatic carbocycles. The van der Waals surface area contributed by atoms with E-state index in [4.69, 9.17) is 8.92 Å². The van der Waals surface area contributed by atoms with E-state index in [1.807, 2.05) is 6.07 Å². The van der Waals surface area contributed by atoms with Gasteiger partial charge in [0.2, 0.25) is 11.8 Å². The average molecular weight is 410 g/mol. The third-order valence-corrected chi connectivity index (χ3v) is 6.64. The summed E-state index contributed by atoms with van der Waals surface area (Å²) >= 11 is 3.77. The summed E-state index contributed by atoms with van der Waals surface area (Å²) in [5, 5.41) is 21.2. The van der Waals surface area contributed by atoms with Gasteiger partial charge in [0.1, 0.15) is 0 Å². The molecule has 3 fully saturated rings. The molecule has 1 N–H and O–H groups in total. The number of imide groups is 1. The molecule has 0 aliphatic carbocycles. The minimum absolute atomic E-state index is 0.243. The maximum atomic E-state index is 13.5. The zero-order chi connectivity index (χ0) is 20.3. The average Bonchev–Trinajstić information content (AvgIpc) is 3.33. The van der Waals surface area contributed by atoms with Crippen LogP contribution in [0.4, 0.5) is 5.69 Å². The van der Waals surface area contributed by atoms with Gasteiger partial charge >= 0.3 is 0 Å². The molecule has 3 aliphatic rings. The second-order valence-corrected chi connectivity index (χ2v) is 8.07. The van der Waals surface area contributed by atoms with Crippen molar-refractivity contribution < 1.29 is 23.6 Å². The fourth-order valence-corrected chi connectivity index (χ4v) is 5.40. The van der Waals surface area contributed by atoms with Crippen molar-refractivity contribution >= 4 is 41.2 Å². The lowest BCUT2D eigenvalue weighted by molar-refractivity contribution is -0.128. The first-order valence-corrected chi connectivity index (χ1v) is 9.81. The Kier molecular flexibility index (Phi) is 4.19. The van der Waals surface area contributed by atoms with Gasteiger partial charge in [0.15, 0.2) is 0 Å². The number of hydrogen-bond acceptors (Lipinski definition) is 7. The number of thiol groups is 1. The van der Waals surface area contributed by atoms with Crippen LogP contribution in [0, 0.1) is 23.2 Å². The highest BCUT2D eigenvalue weighted by Gasteiger charge is 2.72. The highest BCUT2D eigenvalue weighted by molar-refractivity contribution is 7.75. The molecule has 2 bridgehead atoms. The van der Waals surface area contributed by atoms with E-state index in [1.165, 1.54) is 4.90 Å². The largest absolute Gasteiger partial charge is 0.390 e. The standard InChI is InChI=1S/C21H18N2O5S/c22-10-11-5-6-14(13-4-2-1-3-12(11)13)23-19(25)16-17(20(23)26)21(7-8-27-29)9-15(24)18(16)28-21/h1-6,15-18,24,29H,7-9H2/t15-,16+,17+,18?,21?/m0/s1. The Bertz CT molecular complexity index is 1080. The van der Waals surface area contributed by atoms with Crippen LogP contribution in [-0.4, -0.2) is 41.3 Å². The number of benzene rings is 2. The van der Waals surface area contributed by atoms with Crippen molar-refractivity contribution in [2.75, 3.05) is 11.5 Å². The second kappa shape index (κ2) is 6.54. The van der Waals surface area contributed by atoms with E-state index in [0.29, 0.717) is 28.4 Å². The van der Waals surface area contributed by atoms with E-state index < -0.39 is 29.6 Å². The van der Waals surface area contributed by atoms with Gasteiger partial charge in [0.05, 0.1) is 53.6 Å². The van der Waals surface area contributed by atoms with Crippen LogP contribution in [0.5, 0.6) is 0 Å². The molecule has 0 saturated carbocycles. The van der Waals surface area contributed by atoms with Gasteiger partial charge in [-0.2, -0.15) is 5.26 Å². The number of hydrogen-bond donors (Lipinski definition) is 2. The molecule has 0 aromatic heterocycles. The summed E-state index contributed by atoms with van der Waals surface area (Å²) in [5.74, 6) is -2.09. The lowest BCUT2D eigenvalue weighted by Gasteiger charge is -2.31. The molecule has 2 unspecified atom stereocenters. The van der Waals surface area contributed by atoms with Crippen molar-refractivity contribution in [1.29, 1.82) is 5.26 Å². The number of aliphatic hydroxyl groups excluding tert-OH is 1. The van der Waals surface area contributed by atoms with Gasteiger partial charge in [-0.25, -0.2) is 4.90 Å². The van der Waals surface area contributed by atoms with Gasteiger partial charge in [-0.1, -0.05) is 24.3 Å². The SMILES string of the molecule is N#Cc1ccc(N2C(=O)[C@H]3C4OC(CCOS)(C[C@@H]4O)[C@H]3C2=O)c2ccccc12. The van der Waals surface area contributed by atoms with Crippen LogP contribution in [0.25, 0.3) is 10.8 Å². The third-order valence-electron chi connectivity index (χ3n) is 6.46. The van der Waals surface area contributed by atoms with Crippen LogP contribution in [0.1, 0.15) is 18.4 Å². The first-order valence-electron chi connectivity index (χ1n) is 9.44. The van der Waals surface area contributed by atoms with Crippen molar-refractivity contribution in [2.45, 2.75) is 30.7 Å². The summed E-state index contributed by atoms with van der Waals surface area (Å²) in [6.07, 6.45) is -0.847. The molecule has 5 atom stereocenters. The second-order valence-electron chi connectivity index (χ2n) is 7.81. The molecule has 3 aliphatic heterocycles. The Morgan fingerprint density at radius 1 is 1.24 bits per heavy atom. The number of nitrogens with zero attached hydrogens (tertiary/aromatic N) is 2. The van der Waals surface area contributed by atoms with Crippen molar-refractivity contribution in [3.8, 4) is 6.07 Å². The van der Waals surface area contributed by atoms with Gasteiger partial charge in [-0.05, 0) is 25.0 Å². The molecule has 29 heavy (non-hydrogen) atoms. The highest BCUT2D eigenvalue weighted by atomic mass is 32.1. The summed E-state index contributed by atoms with van der Waals surface area (Å²) in [4.78, 5) is 28.0. The molecule has 7 nitrogen and oxygen atoms in total. The first kappa shape index (κ1) is 18.6. The van der Waals surface area contributed by atoms with Crippen LogP contribution >= 0.6 is 12.9 Å². The van der Waals surface area contributed by atoms with Crippen molar-refractivity contribution in [1.82, 2.24) is 0 Å². The summed E-state index contributed by atoms with van der Waals surface area (Å²) in [7, 11) is 0. The number of carbonyl (C=O) groups is 2. The smallest absolute Gasteiger partial charge is 0.240 e. The summed E-state index contributed by atoms with van der Waals surface area (Å²) in [5.41, 5.74) is 0.00446. The van der Waals surface area contributed by atoms with Gasteiger partial charge in [0, 0.05) is 23.6 Å². The van der Waals surface area contributed by atoms with Gasteiger partial charge < -0.3 is 14.0 Å². The maximum absolute atomic E-state index is 13.5. The third kappa shape index (κ3) is 2.42. The number of rotatable bonds is 4. The van der Waals surface area contributed by atoms with E-state index in [2.05, 4.69) is 19.0 Å². The highest BCUT2D eigenvalue weighted by Crippen LogP contribution is 2.57. The minimum atomic E-state index is -0.929. The molecule has 5 rings (SSSR count). The number of amides is 2. The minimum Gasteiger partial charge on any atom is -0.390 e. The number of anilines is 1. The van der Waals surface area contributed by atoms with E-state index in [1.54, 1.807) is 30.3 Å². The zero-order valence-corrected chi connectivity index (χ0v) is 16.2. The predicted molar refractivity (Wildman–Crippen MR) is 106 cm³/mol. The predicted octanol–water partition coefficient (Wildman–Crippen LogP) is 1.97. The molecular weight excluding hydrogens is 392 g/mol. The molecule has 2 amide bonds. The maximum Gasteiger partial charge on any atom is 0.240 e. The van der Waals surface area contributed by atoms with Crippen molar-refractivity contribution in [2.24, 2.45) is 11.8 Å². The summed E-state index contributed by atoms with van der Waals surface area (Å²) in [6.45, 7) is 0.243. The normalized spacial score (nSPS) is 32.8. The number of aliphatic hydroxyl groups is 1. The molecular formula is C21H18N2O5S. The van der Waals surface area contributed by atoms with Crippen LogP contribution in [0.2, 0.25) is 0 Å². The number of carbonyl (C=O) groups excluding carboxylic acids is 2. The lowest BCUT2D eigenvalue weighted by atomic mass is 9.70. The molecule has 3 heterocycles. The Labute approximate surface area is 172 Å². The molecule has 0 spiro atoms. The topological polar surface area (TPSA) is 99.9 Å². The van der Waals surface area contributed by atoms with E-state index in [-0.39, 0.29) is 24.8 Å². The summed E-state index contributed by atoms with van der Waals surface area (Å²) in [6, 6.07) is 12.6. The molecule has 3 saturated heterocycles. The van der Waals surface area contributed by atoms with Crippen LogP contribution < -0.4 is 4.90 Å². The molecule has 8 heteroatoms. The van der Waals surface area contributed by atoms with Gasteiger partial charge in [-0.3, -0.25) is 9.59 Å². The van der Waals surface area contributed by atoms with E-state index >= 15 is 0 Å². The Morgan fingerprint density at radius 3 is 2.72 bits per heavy atom. The Balaban J connectivity index is 1.62. The van der Waals surface area contributed by atoms with Gasteiger partial charge in [-0.15, -0.1) is 0 Å². The number of ether oxygens (including phenoxy) is 1. The quantitative estimate of drug-likeness (QED) is 0.454. The Morgan fingerprint density at radius 2 is 2.00 bits per heavy atom. The van der Waals surface area contributed by atoms with Gasteiger partial charge in [0.25, 0.3) is 0 Å². The van der Waals surface area contributed by atoms with Crippen LogP contribution in [0.15, 0.2) is 36.4 Å². The molecule has 2 aromatic rings. The number of fused-ring (bicyclic) bond motifs is 6. The monoisotopic (exact) mass is 410 g/mol. The van der Waals surface area contributed by atoms with Crippen molar-refractivity contribution in [3.63, 3.8) is 0 Å². The fraction of sp³-hybridized carbons (Fsp3) is 0.381. The number of nitriles is 1. The molecule has 148 valence electrons. The fourth-order valence-electron chi connectivity index (χ4n) is 5.30. The first-order chi connectivity index (χ1) is 14.0. The van der Waals surface area contributed by atoms with E-state index in [9.17, 15) is 20.0 Å². The lowest BCUT2D eigenvalue weighted by Crippen LogP contribution is -2.45. The zero-order valence-electron chi connectivity index (χ0n) is 15.3. The Hall–Kier alpha value is -2.44. The van der Waals surface area contributed by atoms with E-state index in [0.717, 1.165) is 0 Å². The summed E-state index contributed by atoms with van der Waals surface area (Å²) < 4.78 is 10.9.